The summed E-state index contributed by atoms with van der Waals surface area (Å²) in [4.78, 5) is 94.8. The van der Waals surface area contributed by atoms with Gasteiger partial charge < -0.3 is 10.6 Å². The third kappa shape index (κ3) is 13.9. The summed E-state index contributed by atoms with van der Waals surface area (Å²) in [6.45, 7) is 18.0. The lowest BCUT2D eigenvalue weighted by Gasteiger charge is -2.28. The van der Waals surface area contributed by atoms with Gasteiger partial charge in [-0.2, -0.15) is 16.1 Å². The third-order valence-electron chi connectivity index (χ3n) is 8.32. The van der Waals surface area contributed by atoms with Crippen LogP contribution in [0.25, 0.3) is 0 Å². The second-order valence-corrected chi connectivity index (χ2v) is 16.3. The van der Waals surface area contributed by atoms with Gasteiger partial charge >= 0.3 is 0 Å². The normalized spacial score (nSPS) is 15.3. The van der Waals surface area contributed by atoms with Crippen molar-refractivity contribution in [1.29, 1.82) is 0 Å². The van der Waals surface area contributed by atoms with Gasteiger partial charge in [0.15, 0.2) is 0 Å². The molecule has 304 valence electrons. The van der Waals surface area contributed by atoms with Crippen LogP contribution in [0.2, 0.25) is 0 Å². The number of hydrogen-bond donors (Lipinski definition) is 6. The molecular weight excluding hydrogens is 718 g/mol. The molecule has 1 heterocycles. The molecule has 4 atom stereocenters. The Bertz CT molecular complexity index is 1630. The van der Waals surface area contributed by atoms with Crippen molar-refractivity contribution in [2.45, 2.75) is 117 Å². The van der Waals surface area contributed by atoms with Crippen LogP contribution in [0.5, 0.6) is 0 Å². The molecule has 56 heavy (non-hydrogen) atoms. The molecule has 3 rings (SSSR count). The Labute approximate surface area is 329 Å². The number of benzene rings is 2. The van der Waals surface area contributed by atoms with E-state index in [2.05, 4.69) is 37.7 Å². The third-order valence-corrected chi connectivity index (χ3v) is 8.32. The molecule has 0 saturated heterocycles. The zero-order valence-electron chi connectivity index (χ0n) is 33.9. The smallest absolute Gasteiger partial charge is 0.251 e. The van der Waals surface area contributed by atoms with Gasteiger partial charge in [0.2, 0.25) is 29.2 Å². The molecule has 0 fully saturated rings. The van der Waals surface area contributed by atoms with Gasteiger partial charge in [0.05, 0.1) is 28.9 Å². The van der Waals surface area contributed by atoms with E-state index in [1.807, 2.05) is 20.8 Å². The first-order valence-electron chi connectivity index (χ1n) is 18.7. The van der Waals surface area contributed by atoms with Crippen LogP contribution < -0.4 is 32.6 Å². The van der Waals surface area contributed by atoms with Crippen molar-refractivity contribution >= 4 is 40.7 Å². The first kappa shape index (κ1) is 45.3. The largest absolute Gasteiger partial charge is 0.344 e. The summed E-state index contributed by atoms with van der Waals surface area (Å²) in [6.07, 6.45) is 0.926. The van der Waals surface area contributed by atoms with Crippen molar-refractivity contribution in [3.05, 3.63) is 83.6 Å². The van der Waals surface area contributed by atoms with Gasteiger partial charge in [-0.3, -0.25) is 43.9 Å². The highest BCUT2D eigenvalue weighted by atomic mass is 16.7. The van der Waals surface area contributed by atoms with E-state index in [9.17, 15) is 28.8 Å². The summed E-state index contributed by atoms with van der Waals surface area (Å²) in [6, 6.07) is 13.0. The Kier molecular flexibility index (Phi) is 16.3. The molecule has 6 N–H and O–H groups in total. The van der Waals surface area contributed by atoms with Crippen LogP contribution in [0.1, 0.15) is 80.4 Å². The van der Waals surface area contributed by atoms with Crippen molar-refractivity contribution in [1.82, 2.24) is 32.6 Å². The van der Waals surface area contributed by atoms with Gasteiger partial charge in [-0.05, 0) is 64.5 Å². The monoisotopic (exact) mass is 775 g/mol. The van der Waals surface area contributed by atoms with Crippen molar-refractivity contribution in [3.63, 3.8) is 0 Å². The summed E-state index contributed by atoms with van der Waals surface area (Å²) >= 11 is 0. The van der Waals surface area contributed by atoms with Crippen LogP contribution in [-0.2, 0) is 51.3 Å². The number of nitrogens with one attached hydrogen (secondary N) is 6. The number of ketones is 4. The van der Waals surface area contributed by atoms with Crippen molar-refractivity contribution in [2.24, 2.45) is 16.9 Å². The highest BCUT2D eigenvalue weighted by molar-refractivity contribution is 6.74. The first-order valence-corrected chi connectivity index (χ1v) is 18.7. The van der Waals surface area contributed by atoms with Crippen molar-refractivity contribution in [3.8, 4) is 0 Å². The quantitative estimate of drug-likeness (QED) is 0.0849. The molecule has 0 saturated carbocycles. The fraction of sp³-hybridized carbons (Fsp3) is 0.488. The number of carbonyl (C=O) groups excluding carboxylic acids is 6. The summed E-state index contributed by atoms with van der Waals surface area (Å²) in [5.74, 6) is -6.27. The maximum atomic E-state index is 14.1. The Morgan fingerprint density at radius 1 is 0.625 bits per heavy atom. The molecule has 2 aromatic rings. The van der Waals surface area contributed by atoms with Crippen LogP contribution in [0.4, 0.5) is 0 Å². The molecule has 2 amide bonds. The number of nitrogens with zero attached hydrogens (tertiary/aromatic N) is 1. The number of hydrogen-bond acceptors (Lipinski definition) is 13. The fourth-order valence-electron chi connectivity index (χ4n) is 5.34. The van der Waals surface area contributed by atoms with Gasteiger partial charge in [-0.1, -0.05) is 88.4 Å². The van der Waals surface area contributed by atoms with E-state index in [-0.39, 0.29) is 24.7 Å². The molecule has 15 heteroatoms. The number of rotatable bonds is 20. The standard InChI is InChI=1S/C41H57N7O8/c1-24(2)31(46-55-40(5,6)7)38(53)43-29(21-26-17-13-11-14-18-26)35(50)34(49)28-23-42-48-45-33(28)37(52)36(51)30(22-27-19-15-12-16-20-27)44-39(54)32(25(3)4)47-56-41(8,9)10/h11-20,23-25,29-32,42,46-48H,21-22H2,1-10H3,(H,43,53)(H,44,54)/t29-,30-,31-,32-/m0/s1. The number of carbonyl (C=O) groups is 6. The molecule has 1 aliphatic rings. The van der Waals surface area contributed by atoms with E-state index < -0.39 is 81.6 Å². The minimum atomic E-state index is -1.39. The fourth-order valence-corrected chi connectivity index (χ4v) is 5.34. The average Bonchev–Trinajstić information content (AvgIpc) is 3.12. The molecular formula is C41H57N7O8. The van der Waals surface area contributed by atoms with Gasteiger partial charge in [0.1, 0.15) is 17.8 Å². The van der Waals surface area contributed by atoms with Crippen LogP contribution in [-0.4, -0.2) is 76.0 Å². The molecule has 0 unspecified atom stereocenters. The van der Waals surface area contributed by atoms with Gasteiger partial charge in [0.25, 0.3) is 5.78 Å². The Hall–Kier alpha value is -5.09. The van der Waals surface area contributed by atoms with E-state index in [4.69, 9.17) is 9.68 Å². The number of allylic oxidation sites excluding steroid dienone is 1. The van der Waals surface area contributed by atoms with Crippen LogP contribution in [0, 0.1) is 11.8 Å². The predicted octanol–water partition coefficient (Wildman–Crippen LogP) is 2.75. The summed E-state index contributed by atoms with van der Waals surface area (Å²) < 4.78 is 0. The average molecular weight is 776 g/mol. The van der Waals surface area contributed by atoms with Crippen molar-refractivity contribution in [2.75, 3.05) is 0 Å². The van der Waals surface area contributed by atoms with E-state index in [0.29, 0.717) is 11.1 Å². The molecule has 0 spiro atoms. The highest BCUT2D eigenvalue weighted by Crippen LogP contribution is 2.15. The minimum absolute atomic E-state index is 0.0599. The van der Waals surface area contributed by atoms with Crippen LogP contribution in [0.3, 0.4) is 0 Å². The second-order valence-electron chi connectivity index (χ2n) is 16.3. The lowest BCUT2D eigenvalue weighted by molar-refractivity contribution is -0.142. The molecule has 1 aliphatic heterocycles. The number of hydroxylamine groups is 2. The predicted molar refractivity (Wildman–Crippen MR) is 211 cm³/mol. The molecule has 2 aromatic carbocycles. The highest BCUT2D eigenvalue weighted by Gasteiger charge is 2.40. The lowest BCUT2D eigenvalue weighted by Crippen LogP contribution is -2.56. The Morgan fingerprint density at radius 3 is 1.39 bits per heavy atom. The number of hydrazone groups is 1. The minimum Gasteiger partial charge on any atom is -0.344 e. The van der Waals surface area contributed by atoms with Crippen LogP contribution in [0.15, 0.2) is 77.5 Å². The molecule has 0 radical (unpaired) electrons. The molecule has 0 aliphatic carbocycles. The van der Waals surface area contributed by atoms with Gasteiger partial charge in [-0.15, -0.1) is 0 Å². The molecule has 0 aromatic heterocycles. The topological polar surface area (TPSA) is 205 Å². The van der Waals surface area contributed by atoms with E-state index in [1.54, 1.807) is 109 Å². The van der Waals surface area contributed by atoms with E-state index in [1.165, 1.54) is 0 Å². The van der Waals surface area contributed by atoms with Crippen LogP contribution >= 0.6 is 0 Å². The van der Waals surface area contributed by atoms with E-state index in [0.717, 1.165) is 6.20 Å². The Balaban J connectivity index is 1.93. The summed E-state index contributed by atoms with van der Waals surface area (Å²) in [5, 5.41) is 9.32. The van der Waals surface area contributed by atoms with Gasteiger partial charge in [-0.25, -0.2) is 5.53 Å². The van der Waals surface area contributed by atoms with E-state index >= 15 is 0 Å². The maximum absolute atomic E-state index is 14.1. The summed E-state index contributed by atoms with van der Waals surface area (Å²) in [7, 11) is 0. The van der Waals surface area contributed by atoms with Crippen molar-refractivity contribution < 1.29 is 38.4 Å². The number of amides is 2. The lowest BCUT2D eigenvalue weighted by atomic mass is 9.90. The molecule has 15 nitrogen and oxygen atoms in total. The number of Topliss-reactive ketones (excluding diaryl/α,β-unsaturated/α-hetero) is 4. The maximum Gasteiger partial charge on any atom is 0.251 e. The summed E-state index contributed by atoms with van der Waals surface area (Å²) in [5.41, 5.74) is 9.32. The first-order chi connectivity index (χ1) is 26.2. The second kappa shape index (κ2) is 20.2. The molecule has 0 bridgehead atoms. The zero-order valence-corrected chi connectivity index (χ0v) is 33.9. The van der Waals surface area contributed by atoms with Gasteiger partial charge in [0, 0.05) is 19.0 Å². The number of hydrazine groups is 1. The SMILES string of the molecule is CC(C)[C@H](NOC(C)(C)C)C(=O)N[C@@H](Cc1ccccc1)C(=O)C(=O)C1=CNNN=C1C(=O)C(=O)[C@H](Cc1ccccc1)NC(=O)[C@@H](NOC(C)(C)C)C(C)C. The Morgan fingerprint density at radius 2 is 1.02 bits per heavy atom. The zero-order chi connectivity index (χ0) is 41.8.